The summed E-state index contributed by atoms with van der Waals surface area (Å²) < 4.78 is 7.46. The molecule has 1 aromatic heterocycles. The molecule has 8 heteroatoms. The summed E-state index contributed by atoms with van der Waals surface area (Å²) in [7, 11) is 3.64. The fourth-order valence-corrected chi connectivity index (χ4v) is 2.48. The highest BCUT2D eigenvalue weighted by molar-refractivity contribution is 14.0. The Kier molecular flexibility index (Phi) is 9.65. The summed E-state index contributed by atoms with van der Waals surface area (Å²) in [5.41, 5.74) is 1.01. The lowest BCUT2D eigenvalue weighted by molar-refractivity contribution is 0.123. The quantitative estimate of drug-likeness (QED) is 0.262. The van der Waals surface area contributed by atoms with Gasteiger partial charge in [-0.05, 0) is 31.2 Å². The van der Waals surface area contributed by atoms with Crippen LogP contribution < -0.4 is 10.6 Å². The van der Waals surface area contributed by atoms with Crippen LogP contribution in [0.1, 0.15) is 25.0 Å². The fraction of sp³-hybridized carbons (Fsp3) is 0.667. The van der Waals surface area contributed by atoms with Crippen LogP contribution in [-0.2, 0) is 18.3 Å². The van der Waals surface area contributed by atoms with E-state index in [1.165, 1.54) is 12.8 Å². The molecule has 0 aromatic carbocycles. The van der Waals surface area contributed by atoms with E-state index in [1.54, 1.807) is 7.05 Å². The first kappa shape index (κ1) is 20.9. The van der Waals surface area contributed by atoms with Crippen LogP contribution in [0, 0.1) is 5.92 Å². The fourth-order valence-electron chi connectivity index (χ4n) is 2.07. The molecule has 1 saturated carbocycles. The van der Waals surface area contributed by atoms with Crippen molar-refractivity contribution >= 4 is 53.1 Å². The Balaban J connectivity index is 0.00000264. The van der Waals surface area contributed by atoms with Crippen LogP contribution in [-0.4, -0.2) is 37.3 Å². The minimum absolute atomic E-state index is 0. The number of nitrogens with zero attached hydrogens (tertiary/aromatic N) is 2. The predicted octanol–water partition coefficient (Wildman–Crippen LogP) is 3.43. The number of halogens is 3. The van der Waals surface area contributed by atoms with Gasteiger partial charge in [0, 0.05) is 39.5 Å². The largest absolute Gasteiger partial charge is 0.381 e. The smallest absolute Gasteiger partial charge is 0.191 e. The Morgan fingerprint density at radius 3 is 2.70 bits per heavy atom. The summed E-state index contributed by atoms with van der Waals surface area (Å²) in [6.45, 7) is 3.16. The van der Waals surface area contributed by atoms with Gasteiger partial charge in [-0.15, -0.1) is 24.0 Å². The molecule has 1 aromatic rings. The van der Waals surface area contributed by atoms with Gasteiger partial charge in [-0.2, -0.15) is 0 Å². The molecule has 5 nitrogen and oxygen atoms in total. The van der Waals surface area contributed by atoms with Gasteiger partial charge in [0.25, 0.3) is 0 Å². The first-order valence-electron chi connectivity index (χ1n) is 7.63. The van der Waals surface area contributed by atoms with Gasteiger partial charge in [0.1, 0.15) is 5.15 Å². The van der Waals surface area contributed by atoms with Crippen molar-refractivity contribution in [3.63, 3.8) is 0 Å². The Bertz CT molecular complexity index is 518. The molecule has 23 heavy (non-hydrogen) atoms. The standard InChI is InChI=1S/C15H24Cl2N4O.HI/c1-18-15(19-6-3-7-22-10-11-4-5-11)20-9-12-8-13(16)14(17)21(12)2;/h8,11H,3-7,9-10H2,1-2H3,(H2,18,19,20);1H. The van der Waals surface area contributed by atoms with Gasteiger partial charge in [-0.3, -0.25) is 4.99 Å². The van der Waals surface area contributed by atoms with E-state index in [-0.39, 0.29) is 24.0 Å². The van der Waals surface area contributed by atoms with Crippen molar-refractivity contribution in [1.82, 2.24) is 15.2 Å². The maximum Gasteiger partial charge on any atom is 0.191 e. The van der Waals surface area contributed by atoms with E-state index < -0.39 is 0 Å². The third-order valence-corrected chi connectivity index (χ3v) is 4.53. The molecular formula is C15H25Cl2IN4O. The summed E-state index contributed by atoms with van der Waals surface area (Å²) in [5.74, 6) is 1.59. The normalized spacial score (nSPS) is 14.5. The molecule has 0 radical (unpaired) electrons. The topological polar surface area (TPSA) is 50.6 Å². The second kappa shape index (κ2) is 10.6. The van der Waals surface area contributed by atoms with Gasteiger partial charge in [-0.25, -0.2) is 0 Å². The zero-order chi connectivity index (χ0) is 15.9. The number of nitrogens with one attached hydrogen (secondary N) is 2. The van der Waals surface area contributed by atoms with Crippen molar-refractivity contribution < 1.29 is 4.74 Å². The monoisotopic (exact) mass is 474 g/mol. The van der Waals surface area contributed by atoms with Crippen LogP contribution in [0.25, 0.3) is 0 Å². The molecule has 0 atom stereocenters. The Morgan fingerprint density at radius 1 is 1.39 bits per heavy atom. The average molecular weight is 475 g/mol. The molecule has 0 unspecified atom stereocenters. The second-order valence-corrected chi connectivity index (χ2v) is 6.32. The van der Waals surface area contributed by atoms with Crippen LogP contribution in [0.15, 0.2) is 11.1 Å². The molecule has 0 spiro atoms. The van der Waals surface area contributed by atoms with Gasteiger partial charge in [0.15, 0.2) is 5.96 Å². The van der Waals surface area contributed by atoms with Crippen LogP contribution in [0.2, 0.25) is 10.2 Å². The third kappa shape index (κ3) is 7.07. The van der Waals surface area contributed by atoms with Crippen molar-refractivity contribution in [2.24, 2.45) is 18.0 Å². The number of aromatic nitrogens is 1. The van der Waals surface area contributed by atoms with Gasteiger partial charge < -0.3 is 19.9 Å². The van der Waals surface area contributed by atoms with Crippen LogP contribution in [0.4, 0.5) is 0 Å². The molecule has 132 valence electrons. The maximum atomic E-state index is 6.05. The van der Waals surface area contributed by atoms with Gasteiger partial charge in [0.05, 0.1) is 11.6 Å². The number of hydrogen-bond acceptors (Lipinski definition) is 2. The second-order valence-electron chi connectivity index (χ2n) is 5.56. The van der Waals surface area contributed by atoms with E-state index in [0.29, 0.717) is 16.7 Å². The van der Waals surface area contributed by atoms with E-state index in [4.69, 9.17) is 27.9 Å². The number of guanidine groups is 1. The van der Waals surface area contributed by atoms with E-state index >= 15 is 0 Å². The van der Waals surface area contributed by atoms with Gasteiger partial charge in [-0.1, -0.05) is 23.2 Å². The molecule has 0 amide bonds. The van der Waals surface area contributed by atoms with Crippen LogP contribution in [0.3, 0.4) is 0 Å². The number of hydrogen-bond donors (Lipinski definition) is 2. The first-order valence-corrected chi connectivity index (χ1v) is 8.39. The van der Waals surface area contributed by atoms with Crippen LogP contribution in [0.5, 0.6) is 0 Å². The summed E-state index contributed by atoms with van der Waals surface area (Å²) in [5, 5.41) is 7.63. The van der Waals surface area contributed by atoms with Gasteiger partial charge in [0.2, 0.25) is 0 Å². The molecule has 2 rings (SSSR count). The van der Waals surface area contributed by atoms with Crippen molar-refractivity contribution in [2.75, 3.05) is 26.8 Å². The molecule has 1 fully saturated rings. The van der Waals surface area contributed by atoms with E-state index in [9.17, 15) is 0 Å². The maximum absolute atomic E-state index is 6.05. The average Bonchev–Trinajstić information content (AvgIpc) is 3.30. The van der Waals surface area contributed by atoms with Gasteiger partial charge >= 0.3 is 0 Å². The third-order valence-electron chi connectivity index (χ3n) is 3.68. The Hall–Kier alpha value is -0.180. The number of aliphatic imine (C=N–C) groups is 1. The highest BCUT2D eigenvalue weighted by Gasteiger charge is 2.20. The molecular weight excluding hydrogens is 450 g/mol. The van der Waals surface area contributed by atoms with E-state index in [2.05, 4.69) is 15.6 Å². The van der Waals surface area contributed by atoms with Crippen molar-refractivity contribution in [3.05, 3.63) is 21.9 Å². The van der Waals surface area contributed by atoms with Crippen molar-refractivity contribution in [1.29, 1.82) is 0 Å². The predicted molar refractivity (Wildman–Crippen MR) is 107 cm³/mol. The molecule has 0 bridgehead atoms. The molecule has 2 N–H and O–H groups in total. The van der Waals surface area contributed by atoms with Crippen molar-refractivity contribution in [3.8, 4) is 0 Å². The molecule has 1 aliphatic rings. The minimum atomic E-state index is 0. The summed E-state index contributed by atoms with van der Waals surface area (Å²) in [6, 6.07) is 1.86. The Morgan fingerprint density at radius 2 is 2.13 bits per heavy atom. The zero-order valence-electron chi connectivity index (χ0n) is 13.6. The lowest BCUT2D eigenvalue weighted by Crippen LogP contribution is -2.37. The molecule has 0 aliphatic heterocycles. The number of ether oxygens (including phenoxy) is 1. The summed E-state index contributed by atoms with van der Waals surface area (Å²) >= 11 is 12.1. The minimum Gasteiger partial charge on any atom is -0.381 e. The SMILES string of the molecule is CN=C(NCCCOCC1CC1)NCc1cc(Cl)c(Cl)n1C.I. The summed E-state index contributed by atoms with van der Waals surface area (Å²) in [6.07, 6.45) is 3.64. The zero-order valence-corrected chi connectivity index (χ0v) is 17.4. The highest BCUT2D eigenvalue weighted by Crippen LogP contribution is 2.28. The summed E-state index contributed by atoms with van der Waals surface area (Å²) in [4.78, 5) is 4.20. The lowest BCUT2D eigenvalue weighted by Gasteiger charge is -2.12. The first-order chi connectivity index (χ1) is 10.6. The molecule has 0 saturated heterocycles. The molecule has 1 heterocycles. The Labute approximate surface area is 165 Å². The van der Waals surface area contributed by atoms with Crippen LogP contribution >= 0.6 is 47.2 Å². The van der Waals surface area contributed by atoms with Crippen molar-refractivity contribution in [2.45, 2.75) is 25.8 Å². The lowest BCUT2D eigenvalue weighted by atomic mass is 10.4. The van der Waals surface area contributed by atoms with E-state index in [1.807, 2.05) is 17.7 Å². The van der Waals surface area contributed by atoms with E-state index in [0.717, 1.165) is 43.8 Å². The number of rotatable bonds is 8. The molecule has 1 aliphatic carbocycles. The highest BCUT2D eigenvalue weighted by atomic mass is 127.